The van der Waals surface area contributed by atoms with Gasteiger partial charge < -0.3 is 5.73 Å². The topological polar surface area (TPSA) is 107 Å². The number of piperidine rings is 1. The van der Waals surface area contributed by atoms with Crippen LogP contribution in [-0.4, -0.2) is 36.8 Å². The minimum absolute atomic E-state index is 0.0186. The maximum Gasteiger partial charge on any atom is 0.289 e. The van der Waals surface area contributed by atoms with Crippen LogP contribution in [0.2, 0.25) is 0 Å². The van der Waals surface area contributed by atoms with Crippen LogP contribution < -0.4 is 5.73 Å². The number of rotatable bonds is 4. The number of nitro groups is 1. The molecule has 0 amide bonds. The van der Waals surface area contributed by atoms with Crippen molar-refractivity contribution in [2.45, 2.75) is 30.7 Å². The molecule has 1 aromatic carbocycles. The Bertz CT molecular complexity index is 670. The molecule has 1 aliphatic heterocycles. The lowest BCUT2D eigenvalue weighted by molar-refractivity contribution is -0.387. The van der Waals surface area contributed by atoms with Gasteiger partial charge in [-0.1, -0.05) is 15.9 Å². The van der Waals surface area contributed by atoms with E-state index in [-0.39, 0.29) is 16.9 Å². The third kappa shape index (κ3) is 3.48. The molecule has 1 atom stereocenters. The average molecular weight is 392 g/mol. The van der Waals surface area contributed by atoms with Gasteiger partial charge in [-0.3, -0.25) is 10.1 Å². The van der Waals surface area contributed by atoms with Crippen molar-refractivity contribution in [1.29, 1.82) is 0 Å². The van der Waals surface area contributed by atoms with Gasteiger partial charge in [0.05, 0.1) is 4.92 Å². The first-order valence-electron chi connectivity index (χ1n) is 6.93. The molecule has 1 aliphatic rings. The summed E-state index contributed by atoms with van der Waals surface area (Å²) >= 11 is 3.17. The quantitative estimate of drug-likeness (QED) is 0.624. The molecule has 9 heteroatoms. The standard InChI is InChI=1S/C13H18BrN3O4S/c1-9(15)10-4-6-16(7-5-10)22(20,21)13-8-11(14)2-3-12(13)17(18)19/h2-3,8-10H,4-7,15H2,1H3. The van der Waals surface area contributed by atoms with Crippen molar-refractivity contribution in [2.75, 3.05) is 13.1 Å². The summed E-state index contributed by atoms with van der Waals surface area (Å²) in [5.74, 6) is 0.281. The van der Waals surface area contributed by atoms with Crippen LogP contribution in [-0.2, 0) is 10.0 Å². The van der Waals surface area contributed by atoms with Gasteiger partial charge in [-0.2, -0.15) is 4.31 Å². The van der Waals surface area contributed by atoms with Crippen molar-refractivity contribution in [3.8, 4) is 0 Å². The van der Waals surface area contributed by atoms with Crippen LogP contribution in [0.15, 0.2) is 27.6 Å². The molecular formula is C13H18BrN3O4S. The molecule has 1 aromatic rings. The van der Waals surface area contributed by atoms with Crippen LogP contribution in [0, 0.1) is 16.0 Å². The van der Waals surface area contributed by atoms with Crippen molar-refractivity contribution in [2.24, 2.45) is 11.7 Å². The molecule has 22 heavy (non-hydrogen) atoms. The Kier molecular flexibility index (Phi) is 5.21. The highest BCUT2D eigenvalue weighted by atomic mass is 79.9. The highest BCUT2D eigenvalue weighted by molar-refractivity contribution is 9.10. The van der Waals surface area contributed by atoms with E-state index >= 15 is 0 Å². The molecule has 0 aromatic heterocycles. The number of nitrogens with zero attached hydrogens (tertiary/aromatic N) is 2. The molecule has 0 aliphatic carbocycles. The maximum atomic E-state index is 12.7. The van der Waals surface area contributed by atoms with Gasteiger partial charge in [0.25, 0.3) is 5.69 Å². The van der Waals surface area contributed by atoms with Crippen molar-refractivity contribution in [1.82, 2.24) is 4.31 Å². The smallest absolute Gasteiger partial charge is 0.289 e. The molecule has 1 heterocycles. The zero-order chi connectivity index (χ0) is 16.5. The first-order valence-corrected chi connectivity index (χ1v) is 9.16. The largest absolute Gasteiger partial charge is 0.328 e. The summed E-state index contributed by atoms with van der Waals surface area (Å²) in [5.41, 5.74) is 5.45. The lowest BCUT2D eigenvalue weighted by Crippen LogP contribution is -2.42. The van der Waals surface area contributed by atoms with Gasteiger partial charge >= 0.3 is 0 Å². The minimum Gasteiger partial charge on any atom is -0.328 e. The summed E-state index contributed by atoms with van der Waals surface area (Å²) < 4.78 is 27.2. The molecule has 0 saturated carbocycles. The highest BCUT2D eigenvalue weighted by Gasteiger charge is 2.34. The Labute approximate surface area is 137 Å². The molecule has 0 bridgehead atoms. The van der Waals surface area contributed by atoms with Crippen LogP contribution in [0.5, 0.6) is 0 Å². The number of hydrogen-bond acceptors (Lipinski definition) is 5. The van der Waals surface area contributed by atoms with Crippen molar-refractivity contribution < 1.29 is 13.3 Å². The zero-order valence-electron chi connectivity index (χ0n) is 12.1. The average Bonchev–Trinajstić information content (AvgIpc) is 2.46. The van der Waals surface area contributed by atoms with Crippen LogP contribution in [0.25, 0.3) is 0 Å². The fourth-order valence-electron chi connectivity index (χ4n) is 2.63. The van der Waals surface area contributed by atoms with Gasteiger partial charge in [-0.15, -0.1) is 0 Å². The minimum atomic E-state index is -3.89. The number of hydrogen-bond donors (Lipinski definition) is 1. The maximum absolute atomic E-state index is 12.7. The first-order chi connectivity index (χ1) is 10.2. The van der Waals surface area contributed by atoms with E-state index in [1.807, 2.05) is 6.92 Å². The summed E-state index contributed by atoms with van der Waals surface area (Å²) in [6, 6.07) is 3.96. The summed E-state index contributed by atoms with van der Waals surface area (Å²) in [5, 5.41) is 11.1. The predicted octanol–water partition coefficient (Wildman–Crippen LogP) is 2.11. The van der Waals surface area contributed by atoms with E-state index in [1.54, 1.807) is 0 Å². The van der Waals surface area contributed by atoms with Crippen molar-refractivity contribution >= 4 is 31.6 Å². The summed E-state index contributed by atoms with van der Waals surface area (Å²) in [4.78, 5) is 10.1. The second-order valence-corrected chi connectivity index (χ2v) is 8.29. The van der Waals surface area contributed by atoms with E-state index in [9.17, 15) is 18.5 Å². The third-order valence-electron chi connectivity index (χ3n) is 3.98. The van der Waals surface area contributed by atoms with Gasteiger partial charge in [0.1, 0.15) is 0 Å². The molecule has 1 fully saturated rings. The number of nitro benzene ring substituents is 1. The molecule has 2 rings (SSSR count). The number of nitrogens with two attached hydrogens (primary N) is 1. The molecule has 1 saturated heterocycles. The fraction of sp³-hybridized carbons (Fsp3) is 0.538. The van der Waals surface area contributed by atoms with E-state index < -0.39 is 20.6 Å². The molecule has 7 nitrogen and oxygen atoms in total. The van der Waals surface area contributed by atoms with Gasteiger partial charge in [0.2, 0.25) is 10.0 Å². The van der Waals surface area contributed by atoms with E-state index in [2.05, 4.69) is 15.9 Å². The number of benzene rings is 1. The van der Waals surface area contributed by atoms with Gasteiger partial charge in [0.15, 0.2) is 4.90 Å². The highest BCUT2D eigenvalue weighted by Crippen LogP contribution is 2.32. The predicted molar refractivity (Wildman–Crippen MR) is 85.9 cm³/mol. The number of halogens is 1. The lowest BCUT2D eigenvalue weighted by Gasteiger charge is -2.32. The van der Waals surface area contributed by atoms with Gasteiger partial charge in [-0.25, -0.2) is 8.42 Å². The lowest BCUT2D eigenvalue weighted by atomic mass is 9.92. The zero-order valence-corrected chi connectivity index (χ0v) is 14.5. The Morgan fingerprint density at radius 3 is 2.50 bits per heavy atom. The van der Waals surface area contributed by atoms with Crippen LogP contribution in [0.4, 0.5) is 5.69 Å². The Balaban J connectivity index is 2.32. The van der Waals surface area contributed by atoms with Gasteiger partial charge in [0, 0.05) is 29.7 Å². The van der Waals surface area contributed by atoms with Crippen LogP contribution in [0.1, 0.15) is 19.8 Å². The monoisotopic (exact) mass is 391 g/mol. The van der Waals surface area contributed by atoms with E-state index in [1.165, 1.54) is 22.5 Å². The molecule has 1 unspecified atom stereocenters. The van der Waals surface area contributed by atoms with E-state index in [0.29, 0.717) is 30.4 Å². The number of sulfonamides is 1. The third-order valence-corrected chi connectivity index (χ3v) is 6.40. The fourth-order valence-corrected chi connectivity index (χ4v) is 4.79. The SMILES string of the molecule is CC(N)C1CCN(S(=O)(=O)c2cc(Br)ccc2[N+](=O)[O-])CC1. The van der Waals surface area contributed by atoms with E-state index in [4.69, 9.17) is 5.73 Å². The Hall–Kier alpha value is -1.03. The van der Waals surface area contributed by atoms with Crippen molar-refractivity contribution in [3.63, 3.8) is 0 Å². The molecule has 0 spiro atoms. The Morgan fingerprint density at radius 2 is 2.00 bits per heavy atom. The second-order valence-electron chi connectivity index (χ2n) is 5.47. The van der Waals surface area contributed by atoms with Crippen molar-refractivity contribution in [3.05, 3.63) is 32.8 Å². The Morgan fingerprint density at radius 1 is 1.41 bits per heavy atom. The summed E-state index contributed by atoms with van der Waals surface area (Å²) in [6.07, 6.45) is 1.33. The normalized spacial score (nSPS) is 19.0. The van der Waals surface area contributed by atoms with Crippen LogP contribution in [0.3, 0.4) is 0 Å². The second kappa shape index (κ2) is 6.61. The molecule has 122 valence electrons. The van der Waals surface area contributed by atoms with Gasteiger partial charge in [-0.05, 0) is 37.8 Å². The first kappa shape index (κ1) is 17.3. The summed E-state index contributed by atoms with van der Waals surface area (Å²) in [6.45, 7) is 2.57. The molecule has 2 N–H and O–H groups in total. The summed E-state index contributed by atoms with van der Waals surface area (Å²) in [7, 11) is -3.89. The molecule has 0 radical (unpaired) electrons. The molecular weight excluding hydrogens is 374 g/mol. The van der Waals surface area contributed by atoms with E-state index in [0.717, 1.165) is 0 Å². The van der Waals surface area contributed by atoms with Crippen LogP contribution >= 0.6 is 15.9 Å².